The summed E-state index contributed by atoms with van der Waals surface area (Å²) >= 11 is 0. The van der Waals surface area contributed by atoms with E-state index in [1.165, 1.54) is 6.42 Å². The molecule has 0 aliphatic carbocycles. The molecular formula is C20H38O2. The Balaban J connectivity index is 3.49. The topological polar surface area (TPSA) is 34.1 Å². The van der Waals surface area contributed by atoms with Crippen LogP contribution >= 0.6 is 0 Å². The second-order valence-corrected chi connectivity index (χ2v) is 7.90. The average molecular weight is 311 g/mol. The molecule has 130 valence electrons. The molecule has 0 spiro atoms. The second kappa shape index (κ2) is 11.8. The Kier molecular flexibility index (Phi) is 11.5. The molecule has 0 saturated heterocycles. The number of ketones is 2. The Morgan fingerprint density at radius 2 is 1.23 bits per heavy atom. The van der Waals surface area contributed by atoms with Crippen LogP contribution in [0.5, 0.6) is 0 Å². The molecule has 0 rings (SSSR count). The van der Waals surface area contributed by atoms with Crippen LogP contribution in [0.4, 0.5) is 0 Å². The van der Waals surface area contributed by atoms with E-state index in [4.69, 9.17) is 0 Å². The highest BCUT2D eigenvalue weighted by atomic mass is 16.1. The minimum atomic E-state index is 0.374. The van der Waals surface area contributed by atoms with Gasteiger partial charge in [0.05, 0.1) is 0 Å². The van der Waals surface area contributed by atoms with Crippen LogP contribution in [0.3, 0.4) is 0 Å². The quantitative estimate of drug-likeness (QED) is 0.384. The van der Waals surface area contributed by atoms with Gasteiger partial charge >= 0.3 is 0 Å². The van der Waals surface area contributed by atoms with Crippen LogP contribution in [0.2, 0.25) is 0 Å². The number of carbonyl (C=O) groups is 2. The van der Waals surface area contributed by atoms with Crippen molar-refractivity contribution in [2.75, 3.05) is 0 Å². The van der Waals surface area contributed by atoms with E-state index < -0.39 is 0 Å². The minimum Gasteiger partial charge on any atom is -0.300 e. The predicted molar refractivity (Wildman–Crippen MR) is 95.1 cm³/mol. The van der Waals surface area contributed by atoms with Crippen molar-refractivity contribution in [2.24, 2.45) is 11.3 Å². The van der Waals surface area contributed by atoms with Crippen molar-refractivity contribution in [3.8, 4) is 0 Å². The summed E-state index contributed by atoms with van der Waals surface area (Å²) in [7, 11) is 0. The molecule has 0 aromatic heterocycles. The van der Waals surface area contributed by atoms with Gasteiger partial charge in [-0.25, -0.2) is 0 Å². The third-order valence-corrected chi connectivity index (χ3v) is 4.76. The van der Waals surface area contributed by atoms with Crippen LogP contribution in [-0.4, -0.2) is 11.6 Å². The fraction of sp³-hybridized carbons (Fsp3) is 0.900. The Hall–Kier alpha value is -0.660. The van der Waals surface area contributed by atoms with E-state index in [-0.39, 0.29) is 0 Å². The molecule has 0 bridgehead atoms. The highest BCUT2D eigenvalue weighted by Gasteiger charge is 2.19. The summed E-state index contributed by atoms with van der Waals surface area (Å²) < 4.78 is 0. The molecule has 0 aliphatic rings. The van der Waals surface area contributed by atoms with Gasteiger partial charge in [-0.3, -0.25) is 9.59 Å². The molecule has 0 N–H and O–H groups in total. The Labute approximate surface area is 138 Å². The Morgan fingerprint density at radius 3 is 1.68 bits per heavy atom. The molecule has 0 radical (unpaired) electrons. The summed E-state index contributed by atoms with van der Waals surface area (Å²) in [5.41, 5.74) is 0.374. The maximum Gasteiger partial charge on any atom is 0.132 e. The maximum absolute atomic E-state index is 11.8. The molecule has 2 heteroatoms. The van der Waals surface area contributed by atoms with Gasteiger partial charge in [-0.05, 0) is 37.0 Å². The standard InChI is InChI=1S/C20H38O2/c1-6-12-18(21)14-8-7-9-15-19(22)16-11-10-13-17(2)20(3,4)5/h17H,6-16H2,1-5H3. The smallest absolute Gasteiger partial charge is 0.132 e. The summed E-state index contributed by atoms with van der Waals surface area (Å²) in [5, 5.41) is 0. The number of hydrogen-bond donors (Lipinski definition) is 0. The molecule has 0 aliphatic heterocycles. The van der Waals surface area contributed by atoms with Crippen molar-refractivity contribution in [1.29, 1.82) is 0 Å². The first-order chi connectivity index (χ1) is 10.3. The van der Waals surface area contributed by atoms with E-state index in [1.807, 2.05) is 6.92 Å². The van der Waals surface area contributed by atoms with Crippen LogP contribution < -0.4 is 0 Å². The average Bonchev–Trinajstić information content (AvgIpc) is 2.42. The number of hydrogen-bond acceptors (Lipinski definition) is 2. The van der Waals surface area contributed by atoms with Crippen LogP contribution in [-0.2, 0) is 9.59 Å². The van der Waals surface area contributed by atoms with Gasteiger partial charge < -0.3 is 0 Å². The molecule has 1 atom stereocenters. The zero-order valence-electron chi connectivity index (χ0n) is 15.7. The number of unbranched alkanes of at least 4 members (excludes halogenated alkanes) is 3. The first-order valence-electron chi connectivity index (χ1n) is 9.30. The first-order valence-corrected chi connectivity index (χ1v) is 9.30. The summed E-state index contributed by atoms with van der Waals surface area (Å²) in [6.45, 7) is 11.2. The van der Waals surface area contributed by atoms with Gasteiger partial charge in [-0.1, -0.05) is 53.9 Å². The molecule has 2 nitrogen and oxygen atoms in total. The summed E-state index contributed by atoms with van der Waals surface area (Å²) in [6.07, 6.45) is 10.2. The van der Waals surface area contributed by atoms with Crippen molar-refractivity contribution in [3.05, 3.63) is 0 Å². The number of rotatable bonds is 13. The lowest BCUT2D eigenvalue weighted by Gasteiger charge is -2.27. The molecule has 0 aromatic rings. The molecule has 0 aromatic carbocycles. The van der Waals surface area contributed by atoms with Gasteiger partial charge in [0, 0.05) is 25.7 Å². The fourth-order valence-electron chi connectivity index (χ4n) is 2.56. The molecule has 0 heterocycles. The third kappa shape index (κ3) is 11.9. The van der Waals surface area contributed by atoms with Crippen LogP contribution in [0.25, 0.3) is 0 Å². The van der Waals surface area contributed by atoms with E-state index in [0.29, 0.717) is 42.2 Å². The van der Waals surface area contributed by atoms with E-state index in [9.17, 15) is 9.59 Å². The van der Waals surface area contributed by atoms with Crippen LogP contribution in [0, 0.1) is 11.3 Å². The Morgan fingerprint density at radius 1 is 0.773 bits per heavy atom. The molecule has 22 heavy (non-hydrogen) atoms. The SMILES string of the molecule is CCCC(=O)CCCCCC(=O)CCCCC(C)C(C)(C)C. The number of Topliss-reactive ketones (excluding diaryl/α,β-unsaturated/α-hetero) is 2. The zero-order valence-corrected chi connectivity index (χ0v) is 15.7. The normalized spacial score (nSPS) is 13.1. The number of carbonyl (C=O) groups excluding carboxylic acids is 2. The minimum absolute atomic E-state index is 0.374. The zero-order chi connectivity index (χ0) is 17.0. The molecule has 0 fully saturated rings. The van der Waals surface area contributed by atoms with Crippen LogP contribution in [0.1, 0.15) is 105 Å². The summed E-state index contributed by atoms with van der Waals surface area (Å²) in [5.74, 6) is 1.49. The highest BCUT2D eigenvalue weighted by Crippen LogP contribution is 2.29. The maximum atomic E-state index is 11.8. The van der Waals surface area contributed by atoms with E-state index in [2.05, 4.69) is 27.7 Å². The second-order valence-electron chi connectivity index (χ2n) is 7.90. The lowest BCUT2D eigenvalue weighted by atomic mass is 9.79. The van der Waals surface area contributed by atoms with Crippen molar-refractivity contribution >= 4 is 11.6 Å². The van der Waals surface area contributed by atoms with Crippen molar-refractivity contribution in [2.45, 2.75) is 105 Å². The highest BCUT2D eigenvalue weighted by molar-refractivity contribution is 5.78. The molecular weight excluding hydrogens is 272 g/mol. The largest absolute Gasteiger partial charge is 0.300 e. The Bertz CT molecular complexity index is 312. The van der Waals surface area contributed by atoms with Gasteiger partial charge in [0.2, 0.25) is 0 Å². The fourth-order valence-corrected chi connectivity index (χ4v) is 2.56. The van der Waals surface area contributed by atoms with Crippen molar-refractivity contribution in [3.63, 3.8) is 0 Å². The van der Waals surface area contributed by atoms with Crippen molar-refractivity contribution in [1.82, 2.24) is 0 Å². The lowest BCUT2D eigenvalue weighted by Crippen LogP contribution is -2.17. The third-order valence-electron chi connectivity index (χ3n) is 4.76. The molecule has 0 saturated carbocycles. The van der Waals surface area contributed by atoms with E-state index in [1.54, 1.807) is 0 Å². The van der Waals surface area contributed by atoms with Gasteiger partial charge in [-0.2, -0.15) is 0 Å². The van der Waals surface area contributed by atoms with Gasteiger partial charge in [-0.15, -0.1) is 0 Å². The van der Waals surface area contributed by atoms with E-state index >= 15 is 0 Å². The van der Waals surface area contributed by atoms with Gasteiger partial charge in [0.15, 0.2) is 0 Å². The van der Waals surface area contributed by atoms with E-state index in [0.717, 1.165) is 44.9 Å². The monoisotopic (exact) mass is 310 g/mol. The first kappa shape index (κ1) is 21.3. The van der Waals surface area contributed by atoms with Gasteiger partial charge in [0.1, 0.15) is 11.6 Å². The lowest BCUT2D eigenvalue weighted by molar-refractivity contribution is -0.119. The molecule has 1 unspecified atom stereocenters. The molecule has 0 amide bonds. The summed E-state index contributed by atoms with van der Waals surface area (Å²) in [4.78, 5) is 23.2. The van der Waals surface area contributed by atoms with Gasteiger partial charge in [0.25, 0.3) is 0 Å². The predicted octanol–water partition coefficient (Wildman–Crippen LogP) is 6.12. The van der Waals surface area contributed by atoms with Crippen molar-refractivity contribution < 1.29 is 9.59 Å². The summed E-state index contributed by atoms with van der Waals surface area (Å²) in [6, 6.07) is 0. The van der Waals surface area contributed by atoms with Crippen LogP contribution in [0.15, 0.2) is 0 Å².